The van der Waals surface area contributed by atoms with Crippen LogP contribution in [-0.2, 0) is 11.2 Å². The summed E-state index contributed by atoms with van der Waals surface area (Å²) in [5, 5.41) is 3.53. The van der Waals surface area contributed by atoms with Gasteiger partial charge < -0.3 is 19.2 Å². The highest BCUT2D eigenvalue weighted by Gasteiger charge is 2.26. The Hall–Kier alpha value is -2.18. The topological polar surface area (TPSA) is 63.9 Å². The van der Waals surface area contributed by atoms with Crippen LogP contribution in [0.25, 0.3) is 0 Å². The first-order valence-corrected chi connectivity index (χ1v) is 10.2. The van der Waals surface area contributed by atoms with Crippen LogP contribution in [0.5, 0.6) is 11.5 Å². The van der Waals surface area contributed by atoms with E-state index in [9.17, 15) is 4.79 Å². The summed E-state index contributed by atoms with van der Waals surface area (Å²) >= 11 is 6.33. The van der Waals surface area contributed by atoms with E-state index in [1.807, 2.05) is 18.2 Å². The fourth-order valence-electron chi connectivity index (χ4n) is 3.79. The summed E-state index contributed by atoms with van der Waals surface area (Å²) in [6.07, 6.45) is 5.09. The molecule has 1 aromatic carbocycles. The minimum atomic E-state index is -0.0543. The van der Waals surface area contributed by atoms with Gasteiger partial charge >= 0.3 is 0 Å². The summed E-state index contributed by atoms with van der Waals surface area (Å²) in [7, 11) is 0. The number of furan rings is 1. The Kier molecular flexibility index (Phi) is 6.07. The molecule has 0 radical (unpaired) electrons. The van der Waals surface area contributed by atoms with Crippen LogP contribution in [0.4, 0.5) is 0 Å². The molecule has 150 valence electrons. The van der Waals surface area contributed by atoms with Crippen LogP contribution in [0.15, 0.2) is 34.9 Å². The first kappa shape index (κ1) is 19.2. The molecule has 1 N–H and O–H groups in total. The molecule has 1 saturated heterocycles. The second-order valence-corrected chi connectivity index (χ2v) is 7.62. The maximum absolute atomic E-state index is 12.6. The van der Waals surface area contributed by atoms with Gasteiger partial charge in [0.25, 0.3) is 0 Å². The third-order valence-corrected chi connectivity index (χ3v) is 5.45. The number of amides is 1. The van der Waals surface area contributed by atoms with Gasteiger partial charge in [0.2, 0.25) is 5.91 Å². The maximum Gasteiger partial charge on any atom is 0.224 e. The van der Waals surface area contributed by atoms with Gasteiger partial charge in [-0.05, 0) is 55.8 Å². The molecular weight excluding hydrogens is 380 g/mol. The lowest BCUT2D eigenvalue weighted by atomic mass is 10.1. The molecule has 0 spiro atoms. The van der Waals surface area contributed by atoms with Gasteiger partial charge in [-0.3, -0.25) is 9.69 Å². The molecule has 2 aromatic rings. The van der Waals surface area contributed by atoms with Gasteiger partial charge in [-0.25, -0.2) is 0 Å². The molecule has 1 atom stereocenters. The van der Waals surface area contributed by atoms with Crippen molar-refractivity contribution in [1.82, 2.24) is 10.2 Å². The molecule has 2 aliphatic heterocycles. The van der Waals surface area contributed by atoms with Crippen molar-refractivity contribution in [3.63, 3.8) is 0 Å². The van der Waals surface area contributed by atoms with Crippen LogP contribution < -0.4 is 14.8 Å². The summed E-state index contributed by atoms with van der Waals surface area (Å²) in [6, 6.07) is 7.54. The molecule has 2 aliphatic rings. The number of fused-ring (bicyclic) bond motifs is 1. The first-order valence-electron chi connectivity index (χ1n) is 9.83. The average molecular weight is 405 g/mol. The summed E-state index contributed by atoms with van der Waals surface area (Å²) in [5.74, 6) is 2.01. The molecule has 7 heteroatoms. The lowest BCUT2D eigenvalue weighted by molar-refractivity contribution is -0.120. The molecule has 1 unspecified atom stereocenters. The zero-order chi connectivity index (χ0) is 19.3. The monoisotopic (exact) mass is 404 g/mol. The van der Waals surface area contributed by atoms with Gasteiger partial charge in [0, 0.05) is 13.0 Å². The summed E-state index contributed by atoms with van der Waals surface area (Å²) in [4.78, 5) is 14.9. The van der Waals surface area contributed by atoms with E-state index in [1.54, 1.807) is 12.3 Å². The molecule has 4 rings (SSSR count). The third-order valence-electron chi connectivity index (χ3n) is 5.17. The van der Waals surface area contributed by atoms with Crippen LogP contribution in [-0.4, -0.2) is 43.7 Å². The lowest BCUT2D eigenvalue weighted by Gasteiger charge is -2.26. The Morgan fingerprint density at radius 1 is 1.18 bits per heavy atom. The van der Waals surface area contributed by atoms with E-state index in [0.717, 1.165) is 30.8 Å². The SMILES string of the molecule is O=C(Cc1cc(Cl)c2c(c1)OCCCO2)NCC(c1ccco1)N1CCCC1. The van der Waals surface area contributed by atoms with Crippen molar-refractivity contribution < 1.29 is 18.7 Å². The van der Waals surface area contributed by atoms with Gasteiger partial charge in [0.15, 0.2) is 11.5 Å². The first-order chi connectivity index (χ1) is 13.7. The molecule has 1 amide bonds. The number of carbonyl (C=O) groups is 1. The third kappa shape index (κ3) is 4.45. The van der Waals surface area contributed by atoms with Crippen molar-refractivity contribution in [3.05, 3.63) is 46.9 Å². The number of carbonyl (C=O) groups excluding carboxylic acids is 1. The fourth-order valence-corrected chi connectivity index (χ4v) is 4.08. The quantitative estimate of drug-likeness (QED) is 0.797. The number of likely N-dealkylation sites (tertiary alicyclic amines) is 1. The molecule has 6 nitrogen and oxygen atoms in total. The van der Waals surface area contributed by atoms with E-state index in [0.29, 0.717) is 36.3 Å². The maximum atomic E-state index is 12.6. The number of nitrogens with one attached hydrogen (secondary N) is 1. The number of benzene rings is 1. The summed E-state index contributed by atoms with van der Waals surface area (Å²) in [5.41, 5.74) is 0.808. The smallest absolute Gasteiger partial charge is 0.224 e. The Balaban J connectivity index is 1.40. The number of halogens is 1. The van der Waals surface area contributed by atoms with Crippen LogP contribution in [0, 0.1) is 0 Å². The number of ether oxygens (including phenoxy) is 2. The van der Waals surface area contributed by atoms with E-state index in [4.69, 9.17) is 25.5 Å². The molecule has 0 saturated carbocycles. The highest BCUT2D eigenvalue weighted by Crippen LogP contribution is 2.38. The second-order valence-electron chi connectivity index (χ2n) is 7.21. The summed E-state index contributed by atoms with van der Waals surface area (Å²) in [6.45, 7) is 3.74. The van der Waals surface area contributed by atoms with Crippen LogP contribution in [0.3, 0.4) is 0 Å². The normalized spacial score (nSPS) is 17.9. The zero-order valence-electron chi connectivity index (χ0n) is 15.8. The van der Waals surface area contributed by atoms with E-state index >= 15 is 0 Å². The van der Waals surface area contributed by atoms with E-state index in [-0.39, 0.29) is 18.4 Å². The van der Waals surface area contributed by atoms with Crippen LogP contribution in [0.2, 0.25) is 5.02 Å². The van der Waals surface area contributed by atoms with Gasteiger partial charge in [-0.1, -0.05) is 11.6 Å². The predicted molar refractivity (Wildman–Crippen MR) is 106 cm³/mol. The van der Waals surface area contributed by atoms with Crippen molar-refractivity contribution in [2.45, 2.75) is 31.7 Å². The Labute approximate surface area is 169 Å². The van der Waals surface area contributed by atoms with Gasteiger partial charge in [0.05, 0.1) is 37.0 Å². The van der Waals surface area contributed by atoms with Crippen molar-refractivity contribution in [1.29, 1.82) is 0 Å². The highest BCUT2D eigenvalue weighted by molar-refractivity contribution is 6.32. The van der Waals surface area contributed by atoms with Crippen molar-refractivity contribution in [3.8, 4) is 11.5 Å². The summed E-state index contributed by atoms with van der Waals surface area (Å²) < 4.78 is 17.0. The van der Waals surface area contributed by atoms with E-state index in [2.05, 4.69) is 10.2 Å². The number of nitrogens with zero attached hydrogens (tertiary/aromatic N) is 1. The second kappa shape index (κ2) is 8.88. The van der Waals surface area contributed by atoms with Crippen molar-refractivity contribution in [2.75, 3.05) is 32.8 Å². The zero-order valence-corrected chi connectivity index (χ0v) is 16.5. The molecule has 28 heavy (non-hydrogen) atoms. The minimum Gasteiger partial charge on any atom is -0.489 e. The lowest BCUT2D eigenvalue weighted by Crippen LogP contribution is -2.37. The minimum absolute atomic E-state index is 0.0543. The molecule has 3 heterocycles. The molecule has 0 bridgehead atoms. The standard InChI is InChI=1S/C21H25ClN2O4/c22-16-11-15(12-19-21(16)28-10-4-9-27-19)13-20(25)23-14-17(18-5-3-8-26-18)24-6-1-2-7-24/h3,5,8,11-12,17H,1-2,4,6-7,9-10,13-14H2,(H,23,25). The van der Waals surface area contributed by atoms with Crippen LogP contribution >= 0.6 is 11.6 Å². The molecule has 1 fully saturated rings. The van der Waals surface area contributed by atoms with Gasteiger partial charge in [-0.2, -0.15) is 0 Å². The molecule has 1 aromatic heterocycles. The highest BCUT2D eigenvalue weighted by atomic mass is 35.5. The van der Waals surface area contributed by atoms with Crippen molar-refractivity contribution >= 4 is 17.5 Å². The van der Waals surface area contributed by atoms with E-state index in [1.165, 1.54) is 12.8 Å². The Morgan fingerprint density at radius 2 is 2.00 bits per heavy atom. The number of hydrogen-bond donors (Lipinski definition) is 1. The predicted octanol–water partition coefficient (Wildman–Crippen LogP) is 3.59. The number of rotatable bonds is 6. The Bertz CT molecular complexity index is 803. The average Bonchev–Trinajstić information content (AvgIpc) is 3.34. The molecular formula is C21H25ClN2O4. The Morgan fingerprint density at radius 3 is 2.79 bits per heavy atom. The van der Waals surface area contributed by atoms with Gasteiger partial charge in [0.1, 0.15) is 5.76 Å². The van der Waals surface area contributed by atoms with E-state index < -0.39 is 0 Å². The van der Waals surface area contributed by atoms with Crippen molar-refractivity contribution in [2.24, 2.45) is 0 Å². The molecule has 0 aliphatic carbocycles. The number of hydrogen-bond acceptors (Lipinski definition) is 5. The fraction of sp³-hybridized carbons (Fsp3) is 0.476. The largest absolute Gasteiger partial charge is 0.489 e. The van der Waals surface area contributed by atoms with Gasteiger partial charge in [-0.15, -0.1) is 0 Å². The van der Waals surface area contributed by atoms with Crippen LogP contribution in [0.1, 0.15) is 36.6 Å².